The molecule has 0 fully saturated rings. The number of hydrogen-bond donors (Lipinski definition) is 1. The molecule has 1 aliphatic heterocycles. The van der Waals surface area contributed by atoms with Gasteiger partial charge in [-0.3, -0.25) is 0 Å². The fourth-order valence-corrected chi connectivity index (χ4v) is 2.27. The van der Waals surface area contributed by atoms with E-state index >= 15 is 0 Å². The number of aromatic nitrogens is 2. The van der Waals surface area contributed by atoms with E-state index in [-0.39, 0.29) is 0 Å². The largest absolute Gasteiger partial charge is 0.493 e. The first kappa shape index (κ1) is 9.46. The van der Waals surface area contributed by atoms with Crippen LogP contribution < -0.4 is 4.74 Å². The molecule has 0 aliphatic carbocycles. The predicted octanol–water partition coefficient (Wildman–Crippen LogP) is 2.52. The SMILES string of the molecule is c1ccc2c(c1)OCC[C@H]2Cc1ncc[nH]1. The number of rotatable bonds is 2. The van der Waals surface area contributed by atoms with E-state index in [0.717, 1.165) is 31.0 Å². The van der Waals surface area contributed by atoms with Gasteiger partial charge >= 0.3 is 0 Å². The predicted molar refractivity (Wildman–Crippen MR) is 61.6 cm³/mol. The Labute approximate surface area is 94.5 Å². The lowest BCUT2D eigenvalue weighted by Crippen LogP contribution is -2.16. The number of hydrogen-bond acceptors (Lipinski definition) is 2. The van der Waals surface area contributed by atoms with Gasteiger partial charge in [0.2, 0.25) is 0 Å². The Kier molecular flexibility index (Phi) is 2.37. The van der Waals surface area contributed by atoms with Gasteiger partial charge in [0.05, 0.1) is 6.61 Å². The van der Waals surface area contributed by atoms with Gasteiger partial charge in [-0.1, -0.05) is 18.2 Å². The molecule has 0 bridgehead atoms. The van der Waals surface area contributed by atoms with Crippen molar-refractivity contribution in [3.05, 3.63) is 48.0 Å². The van der Waals surface area contributed by atoms with Crippen LogP contribution in [-0.4, -0.2) is 16.6 Å². The van der Waals surface area contributed by atoms with Crippen molar-refractivity contribution in [2.45, 2.75) is 18.8 Å². The highest BCUT2D eigenvalue weighted by Gasteiger charge is 2.21. The Morgan fingerprint density at radius 2 is 2.31 bits per heavy atom. The first-order chi connectivity index (χ1) is 7.93. The van der Waals surface area contributed by atoms with E-state index in [9.17, 15) is 0 Å². The number of H-pyrrole nitrogens is 1. The standard InChI is InChI=1S/C13H14N2O/c1-2-4-12-11(3-1)10(5-8-16-12)9-13-14-6-7-15-13/h1-4,6-7,10H,5,8-9H2,(H,14,15)/t10-/m0/s1. The van der Waals surface area contributed by atoms with E-state index in [1.807, 2.05) is 18.3 Å². The van der Waals surface area contributed by atoms with Crippen LogP contribution in [0.25, 0.3) is 0 Å². The molecular formula is C13H14N2O. The van der Waals surface area contributed by atoms with Crippen LogP contribution in [0.15, 0.2) is 36.7 Å². The molecule has 1 N–H and O–H groups in total. The first-order valence-electron chi connectivity index (χ1n) is 5.63. The van der Waals surface area contributed by atoms with E-state index in [2.05, 4.69) is 22.1 Å². The number of benzene rings is 1. The molecule has 0 spiro atoms. The molecule has 3 rings (SSSR count). The molecule has 1 atom stereocenters. The second-order valence-corrected chi connectivity index (χ2v) is 4.11. The number of imidazole rings is 1. The molecule has 0 saturated heterocycles. The van der Waals surface area contributed by atoms with Crippen LogP contribution in [0.5, 0.6) is 5.75 Å². The summed E-state index contributed by atoms with van der Waals surface area (Å²) in [6.45, 7) is 0.808. The lowest BCUT2D eigenvalue weighted by atomic mass is 9.90. The lowest BCUT2D eigenvalue weighted by Gasteiger charge is -2.25. The normalized spacial score (nSPS) is 18.9. The fraction of sp³-hybridized carbons (Fsp3) is 0.308. The molecule has 1 aromatic carbocycles. The molecule has 1 aromatic heterocycles. The zero-order valence-corrected chi connectivity index (χ0v) is 9.02. The third kappa shape index (κ3) is 1.69. The number of fused-ring (bicyclic) bond motifs is 1. The summed E-state index contributed by atoms with van der Waals surface area (Å²) in [5, 5.41) is 0. The van der Waals surface area contributed by atoms with Crippen molar-refractivity contribution in [3.63, 3.8) is 0 Å². The van der Waals surface area contributed by atoms with Crippen molar-refractivity contribution in [2.24, 2.45) is 0 Å². The number of ether oxygens (including phenoxy) is 1. The maximum absolute atomic E-state index is 5.64. The molecule has 0 radical (unpaired) electrons. The highest BCUT2D eigenvalue weighted by atomic mass is 16.5. The minimum Gasteiger partial charge on any atom is -0.493 e. The van der Waals surface area contributed by atoms with E-state index in [4.69, 9.17) is 4.74 Å². The van der Waals surface area contributed by atoms with E-state index in [0.29, 0.717) is 5.92 Å². The third-order valence-electron chi connectivity index (χ3n) is 3.08. The van der Waals surface area contributed by atoms with E-state index in [1.54, 1.807) is 6.20 Å². The maximum atomic E-state index is 5.64. The van der Waals surface area contributed by atoms with E-state index in [1.165, 1.54) is 5.56 Å². The first-order valence-corrected chi connectivity index (χ1v) is 5.63. The second kappa shape index (κ2) is 4.00. The summed E-state index contributed by atoms with van der Waals surface area (Å²) in [7, 11) is 0. The van der Waals surface area contributed by atoms with Crippen LogP contribution in [0.2, 0.25) is 0 Å². The van der Waals surface area contributed by atoms with Crippen molar-refractivity contribution in [2.75, 3.05) is 6.61 Å². The molecule has 3 heteroatoms. The van der Waals surface area contributed by atoms with Gasteiger partial charge in [-0.25, -0.2) is 4.98 Å². The molecule has 2 aromatic rings. The van der Waals surface area contributed by atoms with Crippen LogP contribution in [0.1, 0.15) is 23.7 Å². The monoisotopic (exact) mass is 214 g/mol. The summed E-state index contributed by atoms with van der Waals surface area (Å²) in [5.41, 5.74) is 1.31. The fourth-order valence-electron chi connectivity index (χ4n) is 2.27. The number of nitrogens with zero attached hydrogens (tertiary/aromatic N) is 1. The topological polar surface area (TPSA) is 37.9 Å². The van der Waals surface area contributed by atoms with Crippen molar-refractivity contribution in [3.8, 4) is 5.75 Å². The van der Waals surface area contributed by atoms with Crippen LogP contribution >= 0.6 is 0 Å². The third-order valence-corrected chi connectivity index (χ3v) is 3.08. The second-order valence-electron chi connectivity index (χ2n) is 4.11. The van der Waals surface area contributed by atoms with Gasteiger partial charge in [0, 0.05) is 18.8 Å². The molecule has 0 amide bonds. The van der Waals surface area contributed by atoms with Gasteiger partial charge < -0.3 is 9.72 Å². The van der Waals surface area contributed by atoms with Crippen molar-refractivity contribution >= 4 is 0 Å². The summed E-state index contributed by atoms with van der Waals surface area (Å²) in [5.74, 6) is 2.61. The van der Waals surface area contributed by atoms with Gasteiger partial charge in [0.1, 0.15) is 11.6 Å². The molecular weight excluding hydrogens is 200 g/mol. The molecule has 0 unspecified atom stereocenters. The molecule has 3 nitrogen and oxygen atoms in total. The van der Waals surface area contributed by atoms with Gasteiger partial charge in [0.25, 0.3) is 0 Å². The van der Waals surface area contributed by atoms with Crippen molar-refractivity contribution in [1.82, 2.24) is 9.97 Å². The molecule has 1 aliphatic rings. The minimum atomic E-state index is 0.524. The lowest BCUT2D eigenvalue weighted by molar-refractivity contribution is 0.266. The quantitative estimate of drug-likeness (QED) is 0.834. The van der Waals surface area contributed by atoms with Gasteiger partial charge in [0.15, 0.2) is 0 Å². The molecule has 2 heterocycles. The molecule has 82 valence electrons. The van der Waals surface area contributed by atoms with Crippen LogP contribution in [-0.2, 0) is 6.42 Å². The Morgan fingerprint density at radius 3 is 3.19 bits per heavy atom. The zero-order chi connectivity index (χ0) is 10.8. The van der Waals surface area contributed by atoms with Crippen LogP contribution in [0.4, 0.5) is 0 Å². The Bertz CT molecular complexity index is 465. The average Bonchev–Trinajstić information content (AvgIpc) is 2.82. The zero-order valence-electron chi connectivity index (χ0n) is 9.02. The summed E-state index contributed by atoms with van der Waals surface area (Å²) >= 11 is 0. The molecule has 0 saturated carbocycles. The van der Waals surface area contributed by atoms with Gasteiger partial charge in [-0.15, -0.1) is 0 Å². The number of nitrogens with one attached hydrogen (secondary N) is 1. The summed E-state index contributed by atoms with van der Waals surface area (Å²) in [6, 6.07) is 8.29. The maximum Gasteiger partial charge on any atom is 0.122 e. The van der Waals surface area contributed by atoms with Crippen LogP contribution in [0, 0.1) is 0 Å². The summed E-state index contributed by atoms with van der Waals surface area (Å²) < 4.78 is 5.64. The minimum absolute atomic E-state index is 0.524. The Morgan fingerprint density at radius 1 is 1.38 bits per heavy atom. The smallest absolute Gasteiger partial charge is 0.122 e. The Balaban J connectivity index is 1.87. The highest BCUT2D eigenvalue weighted by molar-refractivity contribution is 5.38. The van der Waals surface area contributed by atoms with Gasteiger partial charge in [-0.2, -0.15) is 0 Å². The van der Waals surface area contributed by atoms with Crippen molar-refractivity contribution < 1.29 is 4.74 Å². The highest BCUT2D eigenvalue weighted by Crippen LogP contribution is 2.34. The number of para-hydroxylation sites is 1. The van der Waals surface area contributed by atoms with E-state index < -0.39 is 0 Å². The summed E-state index contributed by atoms with van der Waals surface area (Å²) in [6.07, 6.45) is 5.71. The van der Waals surface area contributed by atoms with Crippen LogP contribution in [0.3, 0.4) is 0 Å². The number of aromatic amines is 1. The molecule has 16 heavy (non-hydrogen) atoms. The van der Waals surface area contributed by atoms with Crippen molar-refractivity contribution in [1.29, 1.82) is 0 Å². The summed E-state index contributed by atoms with van der Waals surface area (Å²) in [4.78, 5) is 7.45. The Hall–Kier alpha value is -1.77. The van der Waals surface area contributed by atoms with Gasteiger partial charge in [-0.05, 0) is 24.0 Å². The average molecular weight is 214 g/mol.